The minimum atomic E-state index is 0.0623. The van der Waals surface area contributed by atoms with Crippen LogP contribution in [0.2, 0.25) is 0 Å². The first kappa shape index (κ1) is 11.9. The molecule has 1 saturated heterocycles. The lowest BCUT2D eigenvalue weighted by Gasteiger charge is -2.16. The van der Waals surface area contributed by atoms with Crippen molar-refractivity contribution in [3.05, 3.63) is 29.8 Å². The van der Waals surface area contributed by atoms with Crippen LogP contribution in [0, 0.1) is 6.92 Å². The molecule has 1 aromatic rings. The molecular weight excluding hydrogens is 214 g/mol. The van der Waals surface area contributed by atoms with E-state index >= 15 is 0 Å². The van der Waals surface area contributed by atoms with Gasteiger partial charge in [0.15, 0.2) is 0 Å². The highest BCUT2D eigenvalue weighted by molar-refractivity contribution is 5.94. The topological polar surface area (TPSA) is 49.6 Å². The van der Waals surface area contributed by atoms with Crippen molar-refractivity contribution in [2.75, 3.05) is 25.0 Å². The maximum Gasteiger partial charge on any atom is 0.324 e. The Morgan fingerprint density at radius 1 is 1.35 bits per heavy atom. The number of anilines is 1. The number of carbonyl (C=O) groups excluding carboxylic acids is 1. The van der Waals surface area contributed by atoms with E-state index in [9.17, 15) is 4.79 Å². The summed E-state index contributed by atoms with van der Waals surface area (Å²) in [6.45, 7) is 3.39. The number of urea groups is 1. The summed E-state index contributed by atoms with van der Waals surface area (Å²) >= 11 is 0. The van der Waals surface area contributed by atoms with E-state index in [1.807, 2.05) is 43.1 Å². The van der Waals surface area contributed by atoms with Crippen LogP contribution in [0.3, 0.4) is 0 Å². The largest absolute Gasteiger partial charge is 0.330 e. The molecule has 0 aromatic heterocycles. The number of hydrogen-bond acceptors (Lipinski definition) is 2. The van der Waals surface area contributed by atoms with E-state index < -0.39 is 0 Å². The highest BCUT2D eigenvalue weighted by Gasteiger charge is 2.34. The lowest BCUT2D eigenvalue weighted by atomic mass is 10.2. The van der Waals surface area contributed by atoms with Crippen LogP contribution >= 0.6 is 0 Å². The van der Waals surface area contributed by atoms with E-state index in [4.69, 9.17) is 5.73 Å². The van der Waals surface area contributed by atoms with Crippen LogP contribution in [-0.2, 0) is 0 Å². The highest BCUT2D eigenvalue weighted by Crippen LogP contribution is 2.24. The lowest BCUT2D eigenvalue weighted by molar-refractivity contribution is 0.217. The summed E-state index contributed by atoms with van der Waals surface area (Å²) in [4.78, 5) is 15.7. The van der Waals surface area contributed by atoms with Gasteiger partial charge in [0.1, 0.15) is 0 Å². The van der Waals surface area contributed by atoms with Gasteiger partial charge in [-0.25, -0.2) is 4.79 Å². The van der Waals surface area contributed by atoms with Crippen molar-refractivity contribution in [1.82, 2.24) is 4.90 Å². The number of amides is 2. The summed E-state index contributed by atoms with van der Waals surface area (Å²) in [5.74, 6) is 0. The molecule has 92 valence electrons. The van der Waals surface area contributed by atoms with Crippen LogP contribution < -0.4 is 10.6 Å². The molecule has 1 fully saturated rings. The standard InChI is InChI=1S/C13H19N3O/c1-10-3-5-11(6-4-10)16-9-12(7-8-14)15(2)13(16)17/h3-6,12H,7-9,14H2,1-2H3. The number of nitrogens with two attached hydrogens (primary N) is 1. The van der Waals surface area contributed by atoms with Gasteiger partial charge in [0.05, 0.1) is 6.04 Å². The molecule has 0 spiro atoms. The minimum Gasteiger partial charge on any atom is -0.330 e. The van der Waals surface area contributed by atoms with Gasteiger partial charge in [0.2, 0.25) is 0 Å². The predicted molar refractivity (Wildman–Crippen MR) is 69.1 cm³/mol. The Kier molecular flexibility index (Phi) is 3.33. The molecule has 0 bridgehead atoms. The van der Waals surface area contributed by atoms with Crippen molar-refractivity contribution in [3.8, 4) is 0 Å². The molecule has 2 amide bonds. The number of rotatable bonds is 3. The smallest absolute Gasteiger partial charge is 0.324 e. The van der Waals surface area contributed by atoms with Crippen molar-refractivity contribution in [2.24, 2.45) is 5.73 Å². The van der Waals surface area contributed by atoms with Gasteiger partial charge >= 0.3 is 6.03 Å². The van der Waals surface area contributed by atoms with Crippen LogP contribution in [0.25, 0.3) is 0 Å². The fourth-order valence-electron chi connectivity index (χ4n) is 2.18. The monoisotopic (exact) mass is 233 g/mol. The second-order valence-corrected chi connectivity index (χ2v) is 4.57. The first-order valence-electron chi connectivity index (χ1n) is 5.94. The molecule has 1 aromatic carbocycles. The number of aryl methyl sites for hydroxylation is 1. The molecule has 0 saturated carbocycles. The number of nitrogens with zero attached hydrogens (tertiary/aromatic N) is 2. The lowest BCUT2D eigenvalue weighted by Crippen LogP contribution is -2.32. The fraction of sp³-hybridized carbons (Fsp3) is 0.462. The van der Waals surface area contributed by atoms with E-state index in [1.165, 1.54) is 5.56 Å². The maximum absolute atomic E-state index is 12.1. The van der Waals surface area contributed by atoms with Crippen LogP contribution in [0.4, 0.5) is 10.5 Å². The summed E-state index contributed by atoms with van der Waals surface area (Å²) < 4.78 is 0. The minimum absolute atomic E-state index is 0.0623. The Labute approximate surface area is 102 Å². The zero-order valence-corrected chi connectivity index (χ0v) is 10.4. The Morgan fingerprint density at radius 3 is 2.59 bits per heavy atom. The summed E-state index contributed by atoms with van der Waals surface area (Å²) in [5.41, 5.74) is 7.73. The van der Waals surface area contributed by atoms with Crippen molar-refractivity contribution < 1.29 is 4.79 Å². The van der Waals surface area contributed by atoms with Crippen molar-refractivity contribution in [2.45, 2.75) is 19.4 Å². The Morgan fingerprint density at radius 2 is 2.00 bits per heavy atom. The number of carbonyl (C=O) groups is 1. The van der Waals surface area contributed by atoms with E-state index in [2.05, 4.69) is 0 Å². The Hall–Kier alpha value is -1.55. The van der Waals surface area contributed by atoms with Gasteiger partial charge in [-0.1, -0.05) is 17.7 Å². The van der Waals surface area contributed by atoms with Crippen molar-refractivity contribution in [1.29, 1.82) is 0 Å². The molecular formula is C13H19N3O. The molecule has 0 aliphatic carbocycles. The molecule has 1 aliphatic rings. The van der Waals surface area contributed by atoms with Gasteiger partial charge in [-0.05, 0) is 32.0 Å². The SMILES string of the molecule is Cc1ccc(N2CC(CCN)N(C)C2=O)cc1. The molecule has 17 heavy (non-hydrogen) atoms. The molecule has 1 atom stereocenters. The first-order valence-corrected chi connectivity index (χ1v) is 5.94. The maximum atomic E-state index is 12.1. The predicted octanol–water partition coefficient (Wildman–Crippen LogP) is 1.58. The summed E-state index contributed by atoms with van der Waals surface area (Å²) in [6, 6.07) is 8.33. The Bertz CT molecular complexity index is 402. The van der Waals surface area contributed by atoms with Gasteiger partial charge < -0.3 is 10.6 Å². The quantitative estimate of drug-likeness (QED) is 0.861. The zero-order valence-electron chi connectivity index (χ0n) is 10.4. The van der Waals surface area contributed by atoms with Gasteiger partial charge in [0, 0.05) is 19.3 Å². The molecule has 0 radical (unpaired) electrons. The number of hydrogen-bond donors (Lipinski definition) is 1. The van der Waals surface area contributed by atoms with Gasteiger partial charge in [-0.3, -0.25) is 4.90 Å². The van der Waals surface area contributed by atoms with Crippen LogP contribution in [0.1, 0.15) is 12.0 Å². The number of benzene rings is 1. The molecule has 2 N–H and O–H groups in total. The normalized spacial score (nSPS) is 20.2. The van der Waals surface area contributed by atoms with E-state index in [-0.39, 0.29) is 12.1 Å². The molecule has 1 unspecified atom stereocenters. The first-order chi connectivity index (χ1) is 8.13. The van der Waals surface area contributed by atoms with E-state index in [0.29, 0.717) is 6.54 Å². The Balaban J connectivity index is 2.17. The average Bonchev–Trinajstić information content (AvgIpc) is 2.59. The van der Waals surface area contributed by atoms with Gasteiger partial charge in [-0.15, -0.1) is 0 Å². The van der Waals surface area contributed by atoms with Crippen molar-refractivity contribution in [3.63, 3.8) is 0 Å². The molecule has 1 aliphatic heterocycles. The van der Waals surface area contributed by atoms with E-state index in [1.54, 1.807) is 4.90 Å². The van der Waals surface area contributed by atoms with Crippen molar-refractivity contribution >= 4 is 11.7 Å². The third-order valence-corrected chi connectivity index (χ3v) is 3.32. The van der Waals surface area contributed by atoms with E-state index in [0.717, 1.165) is 18.7 Å². The summed E-state index contributed by atoms with van der Waals surface area (Å²) in [7, 11) is 1.84. The number of likely N-dealkylation sites (N-methyl/N-ethyl adjacent to an activating group) is 1. The van der Waals surface area contributed by atoms with Crippen LogP contribution in [-0.4, -0.2) is 37.1 Å². The fourth-order valence-corrected chi connectivity index (χ4v) is 2.18. The molecule has 1 heterocycles. The summed E-state index contributed by atoms with van der Waals surface area (Å²) in [5, 5.41) is 0. The van der Waals surface area contributed by atoms with Gasteiger partial charge in [0.25, 0.3) is 0 Å². The average molecular weight is 233 g/mol. The second kappa shape index (κ2) is 4.75. The second-order valence-electron chi connectivity index (χ2n) is 4.57. The highest BCUT2D eigenvalue weighted by atomic mass is 16.2. The van der Waals surface area contributed by atoms with Crippen LogP contribution in [0.15, 0.2) is 24.3 Å². The molecule has 2 rings (SSSR count). The van der Waals surface area contributed by atoms with Crippen LogP contribution in [0.5, 0.6) is 0 Å². The third kappa shape index (κ3) is 2.26. The molecule has 4 heteroatoms. The third-order valence-electron chi connectivity index (χ3n) is 3.32. The van der Waals surface area contributed by atoms with Gasteiger partial charge in [-0.2, -0.15) is 0 Å². The molecule has 4 nitrogen and oxygen atoms in total. The summed E-state index contributed by atoms with van der Waals surface area (Å²) in [6.07, 6.45) is 0.852. The zero-order chi connectivity index (χ0) is 12.4.